The number of carboxylic acid groups (broad SMARTS) is 2. The molecule has 0 bridgehead atoms. The Bertz CT molecular complexity index is 702. The average molecular weight is 462 g/mol. The molecule has 15 heteroatoms. The van der Waals surface area contributed by atoms with Crippen LogP contribution in [-0.4, -0.2) is 88.2 Å². The largest absolute Gasteiger partial charge is 0.481 e. The molecule has 182 valence electrons. The van der Waals surface area contributed by atoms with Crippen molar-refractivity contribution < 1.29 is 44.1 Å². The maximum Gasteiger partial charge on any atom is 0.326 e. The van der Waals surface area contributed by atoms with Gasteiger partial charge in [-0.2, -0.15) is 0 Å². The third-order valence-electron chi connectivity index (χ3n) is 4.15. The molecule has 0 saturated heterocycles. The number of hydrogen-bond acceptors (Lipinski definition) is 9. The number of nitrogens with one attached hydrogen (secondary N) is 3. The standard InChI is InChI=1S/C17H30N6O9/c18-4-2-1-3-9(15(29)22-10(17(31)32)6-12(20)25)21-16(30)11(7-24)23-14(28)8(19)5-13(26)27/h8-11,24H,1-7,18-19H2,(H2,20,25)(H,21,30)(H,22,29)(H,23,28)(H,26,27)(H,31,32). The molecule has 4 amide bonds. The van der Waals surface area contributed by atoms with Gasteiger partial charge in [-0.25, -0.2) is 4.79 Å². The number of rotatable bonds is 16. The van der Waals surface area contributed by atoms with Crippen molar-refractivity contribution in [1.29, 1.82) is 0 Å². The summed E-state index contributed by atoms with van der Waals surface area (Å²) in [6, 6.07) is -5.96. The van der Waals surface area contributed by atoms with Crippen molar-refractivity contribution in [2.24, 2.45) is 17.2 Å². The highest BCUT2D eigenvalue weighted by Gasteiger charge is 2.30. The van der Waals surface area contributed by atoms with Gasteiger partial charge in [0.1, 0.15) is 18.1 Å². The van der Waals surface area contributed by atoms with Gasteiger partial charge < -0.3 is 48.5 Å². The summed E-state index contributed by atoms with van der Waals surface area (Å²) < 4.78 is 0. The Morgan fingerprint density at radius 3 is 1.78 bits per heavy atom. The van der Waals surface area contributed by atoms with Crippen molar-refractivity contribution in [3.8, 4) is 0 Å². The third-order valence-corrected chi connectivity index (χ3v) is 4.15. The summed E-state index contributed by atoms with van der Waals surface area (Å²) >= 11 is 0. The number of hydrogen-bond donors (Lipinski definition) is 9. The highest BCUT2D eigenvalue weighted by atomic mass is 16.4. The molecule has 0 aromatic carbocycles. The number of nitrogens with two attached hydrogens (primary N) is 3. The van der Waals surface area contributed by atoms with Crippen LogP contribution in [0.3, 0.4) is 0 Å². The number of unbranched alkanes of at least 4 members (excludes halogenated alkanes) is 1. The van der Waals surface area contributed by atoms with Crippen LogP contribution in [0.5, 0.6) is 0 Å². The van der Waals surface area contributed by atoms with E-state index in [2.05, 4.69) is 16.0 Å². The molecule has 15 nitrogen and oxygen atoms in total. The number of aliphatic carboxylic acids is 2. The van der Waals surface area contributed by atoms with Crippen molar-refractivity contribution in [3.05, 3.63) is 0 Å². The van der Waals surface area contributed by atoms with Crippen LogP contribution in [0.2, 0.25) is 0 Å². The topological polar surface area (TPSA) is 277 Å². The van der Waals surface area contributed by atoms with E-state index in [9.17, 15) is 33.9 Å². The molecule has 0 heterocycles. The van der Waals surface area contributed by atoms with Gasteiger partial charge in [0, 0.05) is 0 Å². The molecule has 0 radical (unpaired) electrons. The first-order valence-electron chi connectivity index (χ1n) is 9.63. The Morgan fingerprint density at radius 2 is 1.31 bits per heavy atom. The summed E-state index contributed by atoms with van der Waals surface area (Å²) in [5.74, 6) is -6.79. The van der Waals surface area contributed by atoms with Crippen LogP contribution in [0, 0.1) is 0 Å². The van der Waals surface area contributed by atoms with E-state index in [1.165, 1.54) is 0 Å². The lowest BCUT2D eigenvalue weighted by atomic mass is 10.1. The molecule has 0 fully saturated rings. The van der Waals surface area contributed by atoms with Gasteiger partial charge in [0.25, 0.3) is 0 Å². The van der Waals surface area contributed by atoms with E-state index in [4.69, 9.17) is 27.4 Å². The zero-order valence-electron chi connectivity index (χ0n) is 17.3. The summed E-state index contributed by atoms with van der Waals surface area (Å²) in [6.07, 6.45) is -0.522. The minimum absolute atomic E-state index is 0.0301. The summed E-state index contributed by atoms with van der Waals surface area (Å²) in [7, 11) is 0. The summed E-state index contributed by atoms with van der Waals surface area (Å²) in [5, 5.41) is 33.7. The molecular formula is C17H30N6O9. The van der Waals surface area contributed by atoms with E-state index in [1.54, 1.807) is 0 Å². The maximum atomic E-state index is 12.5. The first-order chi connectivity index (χ1) is 14.9. The lowest BCUT2D eigenvalue weighted by molar-refractivity contribution is -0.143. The van der Waals surface area contributed by atoms with E-state index >= 15 is 0 Å². The van der Waals surface area contributed by atoms with E-state index in [-0.39, 0.29) is 6.42 Å². The summed E-state index contributed by atoms with van der Waals surface area (Å²) in [5.41, 5.74) is 15.8. The minimum Gasteiger partial charge on any atom is -0.481 e. The summed E-state index contributed by atoms with van der Waals surface area (Å²) in [4.78, 5) is 69.8. The second-order valence-corrected chi connectivity index (χ2v) is 6.86. The van der Waals surface area contributed by atoms with E-state index in [0.717, 1.165) is 0 Å². The first-order valence-corrected chi connectivity index (χ1v) is 9.63. The molecule has 4 unspecified atom stereocenters. The zero-order valence-corrected chi connectivity index (χ0v) is 17.3. The number of carbonyl (C=O) groups is 6. The fourth-order valence-electron chi connectivity index (χ4n) is 2.46. The van der Waals surface area contributed by atoms with Crippen LogP contribution < -0.4 is 33.2 Å². The minimum atomic E-state index is -1.63. The zero-order chi connectivity index (χ0) is 24.8. The van der Waals surface area contributed by atoms with Crippen LogP contribution in [-0.2, 0) is 28.8 Å². The SMILES string of the molecule is NCCCCC(NC(=O)C(CO)NC(=O)C(N)CC(=O)O)C(=O)NC(CC(N)=O)C(=O)O. The van der Waals surface area contributed by atoms with E-state index in [1.807, 2.05) is 0 Å². The maximum absolute atomic E-state index is 12.5. The van der Waals surface area contributed by atoms with Gasteiger partial charge in [0.15, 0.2) is 0 Å². The number of carbonyl (C=O) groups excluding carboxylic acids is 4. The lowest BCUT2D eigenvalue weighted by Crippen LogP contribution is -2.58. The lowest BCUT2D eigenvalue weighted by Gasteiger charge is -2.24. The molecule has 0 rings (SSSR count). The van der Waals surface area contributed by atoms with Crippen LogP contribution in [0.25, 0.3) is 0 Å². The number of aliphatic hydroxyl groups is 1. The van der Waals surface area contributed by atoms with Gasteiger partial charge in [0.2, 0.25) is 23.6 Å². The molecular weight excluding hydrogens is 432 g/mol. The monoisotopic (exact) mass is 462 g/mol. The van der Waals surface area contributed by atoms with Crippen molar-refractivity contribution in [3.63, 3.8) is 0 Å². The highest BCUT2D eigenvalue weighted by Crippen LogP contribution is 2.04. The summed E-state index contributed by atoms with van der Waals surface area (Å²) in [6.45, 7) is -0.605. The second-order valence-electron chi connectivity index (χ2n) is 6.86. The fourth-order valence-corrected chi connectivity index (χ4v) is 2.46. The fraction of sp³-hybridized carbons (Fsp3) is 0.647. The molecule has 0 aliphatic carbocycles. The van der Waals surface area contributed by atoms with Crippen molar-refractivity contribution in [2.75, 3.05) is 13.2 Å². The predicted molar refractivity (Wildman–Crippen MR) is 107 cm³/mol. The van der Waals surface area contributed by atoms with Gasteiger partial charge in [-0.05, 0) is 25.8 Å². The van der Waals surface area contributed by atoms with Gasteiger partial charge in [-0.1, -0.05) is 0 Å². The smallest absolute Gasteiger partial charge is 0.326 e. The van der Waals surface area contributed by atoms with E-state index < -0.39 is 79.2 Å². The Labute approximate surface area is 183 Å². The van der Waals surface area contributed by atoms with E-state index in [0.29, 0.717) is 19.4 Å². The highest BCUT2D eigenvalue weighted by molar-refractivity contribution is 5.95. The first kappa shape index (κ1) is 28.7. The quantitative estimate of drug-likeness (QED) is 0.0982. The van der Waals surface area contributed by atoms with Crippen molar-refractivity contribution in [2.45, 2.75) is 56.3 Å². The molecule has 0 spiro atoms. The second kappa shape index (κ2) is 14.7. The molecule has 4 atom stereocenters. The van der Waals surface area contributed by atoms with Crippen LogP contribution in [0.15, 0.2) is 0 Å². The molecule has 0 aromatic heterocycles. The van der Waals surface area contributed by atoms with Crippen LogP contribution in [0.4, 0.5) is 0 Å². The number of carboxylic acids is 2. The number of amides is 4. The van der Waals surface area contributed by atoms with Crippen molar-refractivity contribution >= 4 is 35.6 Å². The predicted octanol–water partition coefficient (Wildman–Crippen LogP) is -4.68. The number of aliphatic hydroxyl groups excluding tert-OH is 1. The normalized spacial score (nSPS) is 14.3. The number of primary amides is 1. The van der Waals surface area contributed by atoms with Gasteiger partial charge in [-0.15, -0.1) is 0 Å². The molecule has 12 N–H and O–H groups in total. The molecule has 0 aromatic rings. The van der Waals surface area contributed by atoms with Crippen LogP contribution >= 0.6 is 0 Å². The van der Waals surface area contributed by atoms with Crippen molar-refractivity contribution in [1.82, 2.24) is 16.0 Å². The van der Waals surface area contributed by atoms with Crippen LogP contribution in [0.1, 0.15) is 32.1 Å². The molecule has 0 aliphatic heterocycles. The molecule has 0 saturated carbocycles. The Kier molecular flexibility index (Phi) is 13.1. The molecule has 0 aliphatic rings. The van der Waals surface area contributed by atoms with Gasteiger partial charge >= 0.3 is 11.9 Å². The van der Waals surface area contributed by atoms with Gasteiger partial charge in [0.05, 0.1) is 25.5 Å². The third kappa shape index (κ3) is 11.2. The average Bonchev–Trinajstić information content (AvgIpc) is 2.69. The van der Waals surface area contributed by atoms with Gasteiger partial charge in [-0.3, -0.25) is 24.0 Å². The Hall–Kier alpha value is -3.30. The Balaban J connectivity index is 5.30. The molecule has 32 heavy (non-hydrogen) atoms. The Morgan fingerprint density at radius 1 is 0.781 bits per heavy atom.